The molecule has 136 valence electrons. The van der Waals surface area contributed by atoms with Gasteiger partial charge in [0.05, 0.1) is 24.7 Å². The molecule has 0 amide bonds. The van der Waals surface area contributed by atoms with Gasteiger partial charge in [0.25, 0.3) is 0 Å². The summed E-state index contributed by atoms with van der Waals surface area (Å²) in [5.74, 6) is 1.38. The van der Waals surface area contributed by atoms with Gasteiger partial charge in [0, 0.05) is 12.3 Å². The third kappa shape index (κ3) is 4.75. The standard InChI is InChI=1S/C21H29NO3/c1-3-13-21(16-22,14-6-15-23)17-9-11-19(24-2)20(12-10-17)25-18-7-4-5-8-18/h9-12,15,17-18H,3-8,13-14H2,1-2H3. The number of ether oxygens (including phenoxy) is 2. The molecule has 2 unspecified atom stereocenters. The van der Waals surface area contributed by atoms with Gasteiger partial charge in [-0.25, -0.2) is 0 Å². The molecule has 1 saturated carbocycles. The molecule has 2 aliphatic rings. The third-order valence-corrected chi connectivity index (χ3v) is 5.23. The van der Waals surface area contributed by atoms with Gasteiger partial charge in [-0.2, -0.15) is 5.26 Å². The normalized spacial score (nSPS) is 23.0. The molecule has 2 atom stereocenters. The van der Waals surface area contributed by atoms with E-state index >= 15 is 0 Å². The third-order valence-electron chi connectivity index (χ3n) is 5.23. The molecule has 2 rings (SSSR count). The molecule has 0 aromatic rings. The highest BCUT2D eigenvalue weighted by Crippen LogP contribution is 2.40. The minimum Gasteiger partial charge on any atom is -0.493 e. The Morgan fingerprint density at radius 3 is 2.48 bits per heavy atom. The Morgan fingerprint density at radius 2 is 1.92 bits per heavy atom. The van der Waals surface area contributed by atoms with Crippen molar-refractivity contribution in [2.24, 2.45) is 11.3 Å². The second-order valence-electron chi connectivity index (χ2n) is 6.92. The summed E-state index contributed by atoms with van der Waals surface area (Å²) in [6.45, 7) is 2.07. The van der Waals surface area contributed by atoms with Crippen LogP contribution in [0, 0.1) is 22.7 Å². The van der Waals surface area contributed by atoms with Crippen LogP contribution >= 0.6 is 0 Å². The summed E-state index contributed by atoms with van der Waals surface area (Å²) in [4.78, 5) is 10.9. The second kappa shape index (κ2) is 9.46. The maximum atomic E-state index is 10.9. The maximum absolute atomic E-state index is 10.9. The first-order valence-corrected chi connectivity index (χ1v) is 9.35. The molecule has 0 aliphatic heterocycles. The zero-order chi connectivity index (χ0) is 18.1. The van der Waals surface area contributed by atoms with Crippen LogP contribution < -0.4 is 0 Å². The summed E-state index contributed by atoms with van der Waals surface area (Å²) in [7, 11) is 1.64. The van der Waals surface area contributed by atoms with E-state index in [2.05, 4.69) is 13.0 Å². The van der Waals surface area contributed by atoms with E-state index in [1.807, 2.05) is 24.3 Å². The molecule has 2 aliphatic carbocycles. The second-order valence-corrected chi connectivity index (χ2v) is 6.92. The van der Waals surface area contributed by atoms with E-state index in [0.29, 0.717) is 18.6 Å². The van der Waals surface area contributed by atoms with Crippen LogP contribution in [0.2, 0.25) is 0 Å². The minimum atomic E-state index is -0.565. The number of carbonyl (C=O) groups is 1. The molecular weight excluding hydrogens is 314 g/mol. The van der Waals surface area contributed by atoms with Gasteiger partial charge in [-0.1, -0.05) is 25.5 Å². The molecule has 25 heavy (non-hydrogen) atoms. The quantitative estimate of drug-likeness (QED) is 0.562. The van der Waals surface area contributed by atoms with E-state index in [-0.39, 0.29) is 12.0 Å². The average molecular weight is 343 g/mol. The minimum absolute atomic E-state index is 0.0628. The number of hydrogen-bond donors (Lipinski definition) is 0. The number of rotatable bonds is 9. The molecular formula is C21H29NO3. The monoisotopic (exact) mass is 343 g/mol. The Hall–Kier alpha value is -2.02. The highest BCUT2D eigenvalue weighted by molar-refractivity contribution is 5.49. The van der Waals surface area contributed by atoms with Gasteiger partial charge in [-0.05, 0) is 50.7 Å². The molecule has 0 aromatic heterocycles. The molecule has 0 saturated heterocycles. The number of hydrogen-bond acceptors (Lipinski definition) is 4. The first kappa shape index (κ1) is 19.3. The Balaban J connectivity index is 2.23. The van der Waals surface area contributed by atoms with Crippen molar-refractivity contribution in [1.82, 2.24) is 0 Å². The number of carbonyl (C=O) groups excluding carboxylic acids is 1. The zero-order valence-electron chi connectivity index (χ0n) is 15.4. The van der Waals surface area contributed by atoms with Gasteiger partial charge < -0.3 is 14.3 Å². The van der Waals surface area contributed by atoms with Crippen LogP contribution in [-0.2, 0) is 14.3 Å². The van der Waals surface area contributed by atoms with Gasteiger partial charge in [0.15, 0.2) is 11.5 Å². The maximum Gasteiger partial charge on any atom is 0.161 e. The topological polar surface area (TPSA) is 59.3 Å². The highest BCUT2D eigenvalue weighted by atomic mass is 16.5. The van der Waals surface area contributed by atoms with Crippen LogP contribution in [0.1, 0.15) is 58.3 Å². The Kier molecular flexibility index (Phi) is 7.31. The Bertz CT molecular complexity index is 578. The molecule has 0 heterocycles. The smallest absolute Gasteiger partial charge is 0.161 e. The van der Waals surface area contributed by atoms with Crippen LogP contribution in [0.3, 0.4) is 0 Å². The molecule has 0 N–H and O–H groups in total. The number of aldehydes is 1. The van der Waals surface area contributed by atoms with Crippen LogP contribution in [-0.4, -0.2) is 19.5 Å². The van der Waals surface area contributed by atoms with Gasteiger partial charge >= 0.3 is 0 Å². The van der Waals surface area contributed by atoms with Crippen LogP contribution in [0.4, 0.5) is 0 Å². The fourth-order valence-electron chi connectivity index (χ4n) is 3.84. The summed E-state index contributed by atoms with van der Waals surface area (Å²) >= 11 is 0. The van der Waals surface area contributed by atoms with E-state index in [9.17, 15) is 10.1 Å². The SMILES string of the molecule is CCCC(C#N)(CCC=O)C1C=CC(OC)=C(OC2CCCC2)C=C1. The van der Waals surface area contributed by atoms with Crippen molar-refractivity contribution in [2.45, 2.75) is 64.4 Å². The number of allylic oxidation sites excluding steroid dienone is 4. The van der Waals surface area contributed by atoms with Crippen LogP contribution in [0.15, 0.2) is 35.8 Å². The van der Waals surface area contributed by atoms with Gasteiger partial charge in [0.1, 0.15) is 6.29 Å². The van der Waals surface area contributed by atoms with Crippen LogP contribution in [0.25, 0.3) is 0 Å². The van der Waals surface area contributed by atoms with E-state index in [1.54, 1.807) is 7.11 Å². The molecule has 4 nitrogen and oxygen atoms in total. The molecule has 0 bridgehead atoms. The van der Waals surface area contributed by atoms with Crippen molar-refractivity contribution >= 4 is 6.29 Å². The summed E-state index contributed by atoms with van der Waals surface area (Å²) in [5, 5.41) is 9.89. The van der Waals surface area contributed by atoms with Crippen LogP contribution in [0.5, 0.6) is 0 Å². The first-order chi connectivity index (χ1) is 12.2. The van der Waals surface area contributed by atoms with E-state index in [1.165, 1.54) is 12.8 Å². The van der Waals surface area contributed by atoms with Gasteiger partial charge in [-0.15, -0.1) is 0 Å². The largest absolute Gasteiger partial charge is 0.493 e. The van der Waals surface area contributed by atoms with Gasteiger partial charge in [-0.3, -0.25) is 0 Å². The fourth-order valence-corrected chi connectivity index (χ4v) is 3.84. The van der Waals surface area contributed by atoms with Crippen molar-refractivity contribution in [1.29, 1.82) is 5.26 Å². The lowest BCUT2D eigenvalue weighted by Gasteiger charge is -2.31. The van der Waals surface area contributed by atoms with Crippen molar-refractivity contribution in [3.8, 4) is 6.07 Å². The first-order valence-electron chi connectivity index (χ1n) is 9.35. The molecule has 4 heteroatoms. The Labute approximate surface area is 151 Å². The highest BCUT2D eigenvalue weighted by Gasteiger charge is 2.36. The number of nitriles is 1. The lowest BCUT2D eigenvalue weighted by molar-refractivity contribution is -0.108. The molecule has 1 fully saturated rings. The van der Waals surface area contributed by atoms with E-state index < -0.39 is 5.41 Å². The lowest BCUT2D eigenvalue weighted by Crippen LogP contribution is -2.27. The predicted molar refractivity (Wildman–Crippen MR) is 97.4 cm³/mol. The average Bonchev–Trinajstić information content (AvgIpc) is 3.05. The van der Waals surface area contributed by atoms with Crippen molar-refractivity contribution in [3.05, 3.63) is 35.8 Å². The summed E-state index contributed by atoms with van der Waals surface area (Å²) in [6, 6.07) is 2.51. The van der Waals surface area contributed by atoms with Crippen molar-refractivity contribution in [3.63, 3.8) is 0 Å². The number of nitrogens with zero attached hydrogens (tertiary/aromatic N) is 1. The van der Waals surface area contributed by atoms with E-state index in [0.717, 1.165) is 37.7 Å². The van der Waals surface area contributed by atoms with Crippen molar-refractivity contribution < 1.29 is 14.3 Å². The predicted octanol–water partition coefficient (Wildman–Crippen LogP) is 4.83. The Morgan fingerprint density at radius 1 is 1.24 bits per heavy atom. The van der Waals surface area contributed by atoms with Crippen molar-refractivity contribution in [2.75, 3.05) is 7.11 Å². The van der Waals surface area contributed by atoms with Gasteiger partial charge in [0.2, 0.25) is 0 Å². The zero-order valence-corrected chi connectivity index (χ0v) is 15.4. The molecule has 0 aromatic carbocycles. The fraction of sp³-hybridized carbons (Fsp3) is 0.619. The summed E-state index contributed by atoms with van der Waals surface area (Å²) in [5.41, 5.74) is -0.565. The summed E-state index contributed by atoms with van der Waals surface area (Å²) < 4.78 is 11.7. The molecule has 0 spiro atoms. The van der Waals surface area contributed by atoms with E-state index in [4.69, 9.17) is 9.47 Å². The molecule has 0 radical (unpaired) electrons. The lowest BCUT2D eigenvalue weighted by atomic mass is 9.70. The number of methoxy groups -OCH3 is 1. The summed E-state index contributed by atoms with van der Waals surface area (Å²) in [6.07, 6.45) is 16.3.